The summed E-state index contributed by atoms with van der Waals surface area (Å²) in [6.45, 7) is 5.00. The fourth-order valence-electron chi connectivity index (χ4n) is 2.03. The lowest BCUT2D eigenvalue weighted by Gasteiger charge is -2.14. The summed E-state index contributed by atoms with van der Waals surface area (Å²) in [6.07, 6.45) is -1.50. The Labute approximate surface area is 121 Å². The molecular formula is C15H18F3N3. The first-order valence-electron chi connectivity index (χ1n) is 6.87. The largest absolute Gasteiger partial charge is 0.419 e. The van der Waals surface area contributed by atoms with Gasteiger partial charge in [0.2, 0.25) is 0 Å². The average Bonchev–Trinajstić information content (AvgIpc) is 2.95. The molecule has 0 spiro atoms. The maximum absolute atomic E-state index is 12.6. The number of benzene rings is 1. The van der Waals surface area contributed by atoms with Crippen LogP contribution in [-0.2, 0) is 6.18 Å². The van der Waals surface area contributed by atoms with E-state index < -0.39 is 11.7 Å². The summed E-state index contributed by atoms with van der Waals surface area (Å²) in [7, 11) is 0. The summed E-state index contributed by atoms with van der Waals surface area (Å²) >= 11 is 0. The number of hydrogen-bond acceptors (Lipinski definition) is 2. The molecule has 1 heterocycles. The zero-order chi connectivity index (χ0) is 15.5. The maximum Gasteiger partial charge on any atom is 0.419 e. The van der Waals surface area contributed by atoms with Crippen molar-refractivity contribution in [1.29, 1.82) is 0 Å². The Morgan fingerprint density at radius 1 is 1.33 bits per heavy atom. The molecule has 1 unspecified atom stereocenters. The third-order valence-corrected chi connectivity index (χ3v) is 3.25. The summed E-state index contributed by atoms with van der Waals surface area (Å²) in [5, 5.41) is 7.14. The van der Waals surface area contributed by atoms with Crippen LogP contribution in [0.25, 0.3) is 5.69 Å². The lowest BCUT2D eigenvalue weighted by Crippen LogP contribution is -2.19. The van der Waals surface area contributed by atoms with Gasteiger partial charge in [0.05, 0.1) is 17.4 Å². The molecule has 0 aliphatic heterocycles. The van der Waals surface area contributed by atoms with E-state index in [4.69, 9.17) is 0 Å². The van der Waals surface area contributed by atoms with Crippen molar-refractivity contribution in [3.05, 3.63) is 47.8 Å². The van der Waals surface area contributed by atoms with Crippen molar-refractivity contribution in [3.63, 3.8) is 0 Å². The van der Waals surface area contributed by atoms with Gasteiger partial charge in [-0.3, -0.25) is 0 Å². The Kier molecular flexibility index (Phi) is 4.67. The number of nitrogens with one attached hydrogen (secondary N) is 1. The fraction of sp³-hybridized carbons (Fsp3) is 0.400. The van der Waals surface area contributed by atoms with Gasteiger partial charge < -0.3 is 5.32 Å². The van der Waals surface area contributed by atoms with E-state index >= 15 is 0 Å². The van der Waals surface area contributed by atoms with Gasteiger partial charge in [-0.15, -0.1) is 0 Å². The van der Waals surface area contributed by atoms with Crippen molar-refractivity contribution < 1.29 is 13.2 Å². The summed E-state index contributed by atoms with van der Waals surface area (Å²) in [4.78, 5) is 0. The Morgan fingerprint density at radius 2 is 2.10 bits per heavy atom. The molecule has 1 aromatic heterocycles. The first kappa shape index (κ1) is 15.6. The number of nitrogens with zero attached hydrogens (tertiary/aromatic N) is 2. The standard InChI is InChI=1S/C15H18F3N3/c1-3-7-19-11(2)12-5-4-6-14(8-12)21-10-13(9-20-21)15(16,17)18/h4-6,8-11,19H,3,7H2,1-2H3. The van der Waals surface area contributed by atoms with Crippen molar-refractivity contribution in [1.82, 2.24) is 15.1 Å². The highest BCUT2D eigenvalue weighted by molar-refractivity contribution is 5.37. The highest BCUT2D eigenvalue weighted by Crippen LogP contribution is 2.29. The monoisotopic (exact) mass is 297 g/mol. The highest BCUT2D eigenvalue weighted by atomic mass is 19.4. The maximum atomic E-state index is 12.6. The lowest BCUT2D eigenvalue weighted by molar-refractivity contribution is -0.137. The molecule has 0 fully saturated rings. The van der Waals surface area contributed by atoms with E-state index in [0.717, 1.165) is 30.9 Å². The molecule has 1 aromatic carbocycles. The molecule has 2 aromatic rings. The van der Waals surface area contributed by atoms with E-state index in [1.807, 2.05) is 25.1 Å². The lowest BCUT2D eigenvalue weighted by atomic mass is 10.1. The van der Waals surface area contributed by atoms with Crippen molar-refractivity contribution in [2.75, 3.05) is 6.54 Å². The molecule has 0 aliphatic rings. The smallest absolute Gasteiger partial charge is 0.310 e. The Hall–Kier alpha value is -1.82. The average molecular weight is 297 g/mol. The van der Waals surface area contributed by atoms with Crippen LogP contribution >= 0.6 is 0 Å². The molecule has 0 saturated heterocycles. The number of alkyl halides is 3. The van der Waals surface area contributed by atoms with Crippen molar-refractivity contribution in [3.8, 4) is 5.69 Å². The molecule has 2 rings (SSSR count). The van der Waals surface area contributed by atoms with Crippen LogP contribution in [0.4, 0.5) is 13.2 Å². The minimum absolute atomic E-state index is 0.141. The zero-order valence-corrected chi connectivity index (χ0v) is 12.0. The number of halogens is 3. The summed E-state index contributed by atoms with van der Waals surface area (Å²) < 4.78 is 39.1. The van der Waals surface area contributed by atoms with Crippen LogP contribution in [0, 0.1) is 0 Å². The Morgan fingerprint density at radius 3 is 2.71 bits per heavy atom. The third-order valence-electron chi connectivity index (χ3n) is 3.25. The molecule has 3 nitrogen and oxygen atoms in total. The van der Waals surface area contributed by atoms with Gasteiger partial charge in [0, 0.05) is 12.2 Å². The molecule has 0 bridgehead atoms. The second kappa shape index (κ2) is 6.30. The first-order chi connectivity index (χ1) is 9.91. The van der Waals surface area contributed by atoms with Crippen molar-refractivity contribution >= 4 is 0 Å². The normalized spacial score (nSPS) is 13.4. The summed E-state index contributed by atoms with van der Waals surface area (Å²) in [6, 6.07) is 7.50. The van der Waals surface area contributed by atoms with Crippen LogP contribution in [-0.4, -0.2) is 16.3 Å². The van der Waals surface area contributed by atoms with Gasteiger partial charge in [-0.1, -0.05) is 19.1 Å². The molecule has 114 valence electrons. The number of aromatic nitrogens is 2. The predicted molar refractivity (Wildman–Crippen MR) is 75.3 cm³/mol. The van der Waals surface area contributed by atoms with E-state index in [9.17, 15) is 13.2 Å². The van der Waals surface area contributed by atoms with Gasteiger partial charge in [0.25, 0.3) is 0 Å². The van der Waals surface area contributed by atoms with Gasteiger partial charge in [0.1, 0.15) is 0 Å². The van der Waals surface area contributed by atoms with Crippen LogP contribution in [0.3, 0.4) is 0 Å². The van der Waals surface area contributed by atoms with Crippen LogP contribution in [0.15, 0.2) is 36.7 Å². The zero-order valence-electron chi connectivity index (χ0n) is 12.0. The Balaban J connectivity index is 2.23. The summed E-state index contributed by atoms with van der Waals surface area (Å²) in [5.74, 6) is 0. The minimum atomic E-state index is -4.37. The molecule has 0 radical (unpaired) electrons. The molecular weight excluding hydrogens is 279 g/mol. The number of hydrogen-bond donors (Lipinski definition) is 1. The van der Waals surface area contributed by atoms with Gasteiger partial charge >= 0.3 is 6.18 Å². The molecule has 21 heavy (non-hydrogen) atoms. The van der Waals surface area contributed by atoms with Crippen LogP contribution in [0.1, 0.15) is 37.4 Å². The van der Waals surface area contributed by atoms with E-state index in [1.165, 1.54) is 4.68 Å². The first-order valence-corrected chi connectivity index (χ1v) is 6.87. The molecule has 6 heteroatoms. The molecule has 1 N–H and O–H groups in total. The van der Waals surface area contributed by atoms with E-state index in [2.05, 4.69) is 17.3 Å². The van der Waals surface area contributed by atoms with Crippen LogP contribution in [0.2, 0.25) is 0 Å². The Bertz CT molecular complexity index is 590. The van der Waals surface area contributed by atoms with E-state index in [1.54, 1.807) is 6.07 Å². The second-order valence-corrected chi connectivity index (χ2v) is 4.94. The van der Waals surface area contributed by atoms with Crippen LogP contribution < -0.4 is 5.32 Å². The molecule has 1 atom stereocenters. The van der Waals surface area contributed by atoms with Crippen LogP contribution in [0.5, 0.6) is 0 Å². The number of rotatable bonds is 5. The predicted octanol–water partition coefficient (Wildman–Crippen LogP) is 3.95. The summed E-state index contributed by atoms with van der Waals surface area (Å²) in [5.41, 5.74) is 0.892. The third kappa shape index (κ3) is 3.85. The van der Waals surface area contributed by atoms with Crippen molar-refractivity contribution in [2.45, 2.75) is 32.5 Å². The van der Waals surface area contributed by atoms with Crippen molar-refractivity contribution in [2.24, 2.45) is 0 Å². The SMILES string of the molecule is CCCNC(C)c1cccc(-n2cc(C(F)(F)F)cn2)c1. The van der Waals surface area contributed by atoms with Gasteiger partial charge in [-0.25, -0.2) is 4.68 Å². The van der Waals surface area contributed by atoms with E-state index in [-0.39, 0.29) is 6.04 Å². The molecule has 0 amide bonds. The van der Waals surface area contributed by atoms with Gasteiger partial charge in [-0.2, -0.15) is 18.3 Å². The quantitative estimate of drug-likeness (QED) is 0.905. The van der Waals surface area contributed by atoms with E-state index in [0.29, 0.717) is 5.69 Å². The minimum Gasteiger partial charge on any atom is -0.310 e. The van der Waals surface area contributed by atoms with Gasteiger partial charge in [-0.05, 0) is 37.6 Å². The second-order valence-electron chi connectivity index (χ2n) is 4.94. The topological polar surface area (TPSA) is 29.9 Å². The molecule has 0 aliphatic carbocycles. The highest BCUT2D eigenvalue weighted by Gasteiger charge is 2.32. The molecule has 0 saturated carbocycles. The fourth-order valence-corrected chi connectivity index (χ4v) is 2.03. The van der Waals surface area contributed by atoms with Gasteiger partial charge in [0.15, 0.2) is 0 Å².